The van der Waals surface area contributed by atoms with Crippen LogP contribution >= 0.6 is 11.7 Å². The number of sulfonamides is 1. The van der Waals surface area contributed by atoms with Gasteiger partial charge in [0.15, 0.2) is 0 Å². The summed E-state index contributed by atoms with van der Waals surface area (Å²) in [6, 6.07) is 4.72. The molecule has 1 saturated heterocycles. The van der Waals surface area contributed by atoms with Crippen molar-refractivity contribution in [3.05, 3.63) is 18.2 Å². The van der Waals surface area contributed by atoms with Gasteiger partial charge in [-0.2, -0.15) is 8.75 Å². The Hall–Kier alpha value is -1.09. The van der Waals surface area contributed by atoms with E-state index < -0.39 is 10.0 Å². The van der Waals surface area contributed by atoms with Crippen LogP contribution in [0.4, 0.5) is 0 Å². The van der Waals surface area contributed by atoms with Crippen LogP contribution in [0.15, 0.2) is 23.1 Å². The number of benzene rings is 1. The Balaban J connectivity index is 1.89. The Morgan fingerprint density at radius 2 is 2.30 bits per heavy atom. The molecule has 0 amide bonds. The molecule has 0 saturated carbocycles. The number of nitrogens with one attached hydrogen (secondary N) is 1. The van der Waals surface area contributed by atoms with Crippen molar-refractivity contribution in [2.75, 3.05) is 6.61 Å². The lowest BCUT2D eigenvalue weighted by molar-refractivity contribution is 0.0902. The number of rotatable bonds is 4. The fourth-order valence-electron chi connectivity index (χ4n) is 2.38. The third-order valence-electron chi connectivity index (χ3n) is 3.40. The molecule has 0 aliphatic carbocycles. The maximum absolute atomic E-state index is 12.5. The predicted molar refractivity (Wildman–Crippen MR) is 76.2 cm³/mol. The zero-order valence-corrected chi connectivity index (χ0v) is 12.6. The van der Waals surface area contributed by atoms with Crippen molar-refractivity contribution in [2.24, 2.45) is 0 Å². The predicted octanol–water partition coefficient (Wildman–Crippen LogP) is 1.54. The summed E-state index contributed by atoms with van der Waals surface area (Å²) >= 11 is 1.01. The quantitative estimate of drug-likeness (QED) is 0.926. The van der Waals surface area contributed by atoms with Crippen molar-refractivity contribution in [2.45, 2.75) is 36.8 Å². The Labute approximate surface area is 121 Å². The molecule has 2 atom stereocenters. The monoisotopic (exact) mass is 313 g/mol. The normalized spacial score (nSPS) is 21.4. The molecule has 0 radical (unpaired) electrons. The number of hydrogen-bond donors (Lipinski definition) is 1. The number of fused-ring (bicyclic) bond motifs is 1. The molecular weight excluding hydrogens is 298 g/mol. The third-order valence-corrected chi connectivity index (χ3v) is 5.54. The molecule has 1 fully saturated rings. The molecule has 108 valence electrons. The fraction of sp³-hybridized carbons (Fsp3) is 0.500. The summed E-state index contributed by atoms with van der Waals surface area (Å²) in [7, 11) is -3.62. The van der Waals surface area contributed by atoms with Crippen LogP contribution in [0.1, 0.15) is 19.8 Å². The van der Waals surface area contributed by atoms with Gasteiger partial charge in [0.2, 0.25) is 10.0 Å². The summed E-state index contributed by atoms with van der Waals surface area (Å²) in [5.41, 5.74) is 1.02. The molecule has 1 aromatic heterocycles. The molecule has 20 heavy (non-hydrogen) atoms. The van der Waals surface area contributed by atoms with Gasteiger partial charge in [0.1, 0.15) is 15.9 Å². The lowest BCUT2D eigenvalue weighted by Gasteiger charge is -2.19. The smallest absolute Gasteiger partial charge is 0.243 e. The van der Waals surface area contributed by atoms with E-state index in [9.17, 15) is 8.42 Å². The van der Waals surface area contributed by atoms with Gasteiger partial charge >= 0.3 is 0 Å². The summed E-state index contributed by atoms with van der Waals surface area (Å²) in [6.45, 7) is 2.52. The lowest BCUT2D eigenvalue weighted by atomic mass is 10.1. The highest BCUT2D eigenvalue weighted by Crippen LogP contribution is 2.22. The van der Waals surface area contributed by atoms with E-state index >= 15 is 0 Å². The molecule has 2 heterocycles. The van der Waals surface area contributed by atoms with E-state index in [-0.39, 0.29) is 17.0 Å². The van der Waals surface area contributed by atoms with Crippen LogP contribution in [-0.2, 0) is 14.8 Å². The molecule has 1 aromatic carbocycles. The number of nitrogens with zero attached hydrogens (tertiary/aromatic N) is 2. The first-order valence-electron chi connectivity index (χ1n) is 6.43. The van der Waals surface area contributed by atoms with Crippen molar-refractivity contribution in [3.8, 4) is 0 Å². The largest absolute Gasteiger partial charge is 0.377 e. The van der Waals surface area contributed by atoms with Crippen molar-refractivity contribution in [1.82, 2.24) is 13.5 Å². The summed E-state index contributed by atoms with van der Waals surface area (Å²) in [5, 5.41) is 0. The number of ether oxygens (including phenoxy) is 1. The van der Waals surface area contributed by atoms with E-state index in [2.05, 4.69) is 13.5 Å². The first kappa shape index (κ1) is 13.9. The Morgan fingerprint density at radius 3 is 3.05 bits per heavy atom. The van der Waals surface area contributed by atoms with Crippen LogP contribution in [0.3, 0.4) is 0 Å². The van der Waals surface area contributed by atoms with E-state index in [1.165, 1.54) is 0 Å². The summed E-state index contributed by atoms with van der Waals surface area (Å²) < 4.78 is 41.3. The van der Waals surface area contributed by atoms with Crippen molar-refractivity contribution in [3.63, 3.8) is 0 Å². The van der Waals surface area contributed by atoms with Gasteiger partial charge in [-0.05, 0) is 31.9 Å². The topological polar surface area (TPSA) is 81.2 Å². The van der Waals surface area contributed by atoms with Gasteiger partial charge in [0.25, 0.3) is 0 Å². The van der Waals surface area contributed by atoms with Crippen molar-refractivity contribution < 1.29 is 13.2 Å². The highest BCUT2D eigenvalue weighted by atomic mass is 32.2. The lowest BCUT2D eigenvalue weighted by Crippen LogP contribution is -2.40. The minimum atomic E-state index is -3.62. The SMILES string of the molecule is CC(NS(=O)(=O)c1cccc2nsnc12)C1CCCO1. The average molecular weight is 313 g/mol. The van der Waals surface area contributed by atoms with Crippen LogP contribution in [0, 0.1) is 0 Å². The molecule has 8 heteroatoms. The number of hydrogen-bond acceptors (Lipinski definition) is 6. The van der Waals surface area contributed by atoms with E-state index in [1.54, 1.807) is 18.2 Å². The molecule has 1 N–H and O–H groups in total. The highest BCUT2D eigenvalue weighted by molar-refractivity contribution is 7.89. The van der Waals surface area contributed by atoms with Gasteiger partial charge in [-0.1, -0.05) is 6.07 Å². The molecular formula is C12H15N3O3S2. The van der Waals surface area contributed by atoms with Crippen LogP contribution < -0.4 is 4.72 Å². The second-order valence-corrected chi connectivity index (χ2v) is 7.06. The molecule has 6 nitrogen and oxygen atoms in total. The van der Waals surface area contributed by atoms with Crippen LogP contribution in [-0.4, -0.2) is 35.9 Å². The zero-order chi connectivity index (χ0) is 14.2. The number of aromatic nitrogens is 2. The summed E-state index contributed by atoms with van der Waals surface area (Å²) in [4.78, 5) is 0.175. The minimum absolute atomic E-state index is 0.0578. The van der Waals surface area contributed by atoms with Gasteiger partial charge in [0, 0.05) is 12.6 Å². The molecule has 2 unspecified atom stereocenters. The summed E-state index contributed by atoms with van der Waals surface area (Å²) in [6.07, 6.45) is 1.80. The summed E-state index contributed by atoms with van der Waals surface area (Å²) in [5.74, 6) is 0. The van der Waals surface area contributed by atoms with E-state index in [0.717, 1.165) is 24.6 Å². The van der Waals surface area contributed by atoms with Crippen molar-refractivity contribution >= 4 is 32.8 Å². The van der Waals surface area contributed by atoms with Crippen LogP contribution in [0.5, 0.6) is 0 Å². The minimum Gasteiger partial charge on any atom is -0.377 e. The Bertz CT molecular complexity index is 708. The van der Waals surface area contributed by atoms with E-state index in [1.807, 2.05) is 6.92 Å². The molecule has 0 bridgehead atoms. The molecule has 2 aromatic rings. The zero-order valence-electron chi connectivity index (χ0n) is 10.9. The first-order chi connectivity index (χ1) is 9.58. The van der Waals surface area contributed by atoms with Gasteiger partial charge in [-0.25, -0.2) is 13.1 Å². The second kappa shape index (κ2) is 5.36. The standard InChI is InChI=1S/C12H15N3O3S2/c1-8(10-5-3-7-18-10)15-20(16,17)11-6-2-4-9-12(11)14-19-13-9/h2,4,6,8,10,15H,3,5,7H2,1H3. The molecule has 0 spiro atoms. The van der Waals surface area contributed by atoms with E-state index in [4.69, 9.17) is 4.74 Å². The second-order valence-electron chi connectivity index (χ2n) is 4.85. The van der Waals surface area contributed by atoms with Gasteiger partial charge in [-0.3, -0.25) is 0 Å². The third kappa shape index (κ3) is 2.56. The first-order valence-corrected chi connectivity index (χ1v) is 8.64. The Morgan fingerprint density at radius 1 is 1.45 bits per heavy atom. The van der Waals surface area contributed by atoms with Crippen LogP contribution in [0.25, 0.3) is 11.0 Å². The fourth-order valence-corrected chi connectivity index (χ4v) is 4.42. The van der Waals surface area contributed by atoms with Gasteiger partial charge in [0.05, 0.1) is 17.8 Å². The highest BCUT2D eigenvalue weighted by Gasteiger charge is 2.28. The van der Waals surface area contributed by atoms with Crippen LogP contribution in [0.2, 0.25) is 0 Å². The molecule has 3 rings (SSSR count). The Kier molecular flexibility index (Phi) is 3.72. The maximum Gasteiger partial charge on any atom is 0.243 e. The average Bonchev–Trinajstić information content (AvgIpc) is 3.08. The van der Waals surface area contributed by atoms with E-state index in [0.29, 0.717) is 17.6 Å². The molecule has 1 aliphatic rings. The molecule has 1 aliphatic heterocycles. The van der Waals surface area contributed by atoms with Crippen molar-refractivity contribution in [1.29, 1.82) is 0 Å². The van der Waals surface area contributed by atoms with Gasteiger partial charge < -0.3 is 4.74 Å². The maximum atomic E-state index is 12.5. The van der Waals surface area contributed by atoms with Gasteiger partial charge in [-0.15, -0.1) is 0 Å².